The summed E-state index contributed by atoms with van der Waals surface area (Å²) in [7, 11) is 0. The van der Waals surface area contributed by atoms with E-state index in [9.17, 15) is 14.4 Å². The summed E-state index contributed by atoms with van der Waals surface area (Å²) in [5, 5.41) is 2.86. The van der Waals surface area contributed by atoms with Gasteiger partial charge in [-0.3, -0.25) is 14.4 Å². The molecule has 3 aromatic rings. The monoisotopic (exact) mass is 412 g/mol. The van der Waals surface area contributed by atoms with Crippen molar-refractivity contribution in [1.82, 2.24) is 0 Å². The molecule has 0 bridgehead atoms. The van der Waals surface area contributed by atoms with E-state index < -0.39 is 0 Å². The van der Waals surface area contributed by atoms with Crippen LogP contribution < -0.4 is 10.2 Å². The highest BCUT2D eigenvalue weighted by Gasteiger charge is 2.24. The molecule has 1 N–H and O–H groups in total. The molecule has 5 heteroatoms. The Morgan fingerprint density at radius 2 is 1.48 bits per heavy atom. The maximum absolute atomic E-state index is 12.5. The summed E-state index contributed by atoms with van der Waals surface area (Å²) >= 11 is 0. The summed E-state index contributed by atoms with van der Waals surface area (Å²) in [6.07, 6.45) is 1.56. The summed E-state index contributed by atoms with van der Waals surface area (Å²) < 4.78 is 0. The molecule has 31 heavy (non-hydrogen) atoms. The number of nitrogens with zero attached hydrogens (tertiary/aromatic N) is 1. The minimum Gasteiger partial charge on any atom is -0.324 e. The van der Waals surface area contributed by atoms with E-state index in [2.05, 4.69) is 5.32 Å². The van der Waals surface area contributed by atoms with Gasteiger partial charge in [0.15, 0.2) is 5.78 Å². The summed E-state index contributed by atoms with van der Waals surface area (Å²) in [5.41, 5.74) is 4.04. The van der Waals surface area contributed by atoms with Gasteiger partial charge in [0.25, 0.3) is 0 Å². The number of carbonyl (C=O) groups excluding carboxylic acids is 3. The number of anilines is 2. The van der Waals surface area contributed by atoms with Crippen molar-refractivity contribution in [1.29, 1.82) is 0 Å². The van der Waals surface area contributed by atoms with E-state index in [1.54, 1.807) is 23.1 Å². The summed E-state index contributed by atoms with van der Waals surface area (Å²) in [5.74, 6) is -0.248. The standard InChI is InChI=1S/C26H24N2O3/c29-24(21-14-12-20(13-15-21)19-7-2-1-3-8-19)16-17-25(30)27-22-9-4-5-10-23(22)28-18-6-11-26(28)31/h1-5,7-10,12-15H,6,11,16-18H2,(H,27,30). The number of amides is 2. The van der Waals surface area contributed by atoms with Crippen LogP contribution in [0.4, 0.5) is 11.4 Å². The van der Waals surface area contributed by atoms with Gasteiger partial charge in [0, 0.05) is 31.4 Å². The van der Waals surface area contributed by atoms with Crippen LogP contribution in [0, 0.1) is 0 Å². The lowest BCUT2D eigenvalue weighted by molar-refractivity contribution is -0.117. The van der Waals surface area contributed by atoms with Crippen LogP contribution in [0.5, 0.6) is 0 Å². The average Bonchev–Trinajstić information content (AvgIpc) is 3.24. The summed E-state index contributed by atoms with van der Waals surface area (Å²) in [6.45, 7) is 0.656. The van der Waals surface area contributed by atoms with Crippen molar-refractivity contribution in [3.05, 3.63) is 84.4 Å². The molecule has 1 heterocycles. The lowest BCUT2D eigenvalue weighted by Crippen LogP contribution is -2.25. The molecule has 5 nitrogen and oxygen atoms in total. The Labute approximate surface area is 181 Å². The van der Waals surface area contributed by atoms with Gasteiger partial charge in [0.2, 0.25) is 11.8 Å². The van der Waals surface area contributed by atoms with Gasteiger partial charge in [0.05, 0.1) is 11.4 Å². The maximum atomic E-state index is 12.5. The molecule has 3 aromatic carbocycles. The summed E-state index contributed by atoms with van der Waals surface area (Å²) in [6, 6.07) is 24.7. The van der Waals surface area contributed by atoms with E-state index in [1.807, 2.05) is 60.7 Å². The first kappa shape index (κ1) is 20.5. The van der Waals surface area contributed by atoms with E-state index in [-0.39, 0.29) is 30.4 Å². The Balaban J connectivity index is 1.35. The van der Waals surface area contributed by atoms with Crippen LogP contribution in [0.1, 0.15) is 36.0 Å². The molecule has 0 aromatic heterocycles. The lowest BCUT2D eigenvalue weighted by Gasteiger charge is -2.19. The third-order valence-corrected chi connectivity index (χ3v) is 5.44. The van der Waals surface area contributed by atoms with E-state index in [0.29, 0.717) is 29.9 Å². The first-order valence-electron chi connectivity index (χ1n) is 10.5. The van der Waals surface area contributed by atoms with Crippen molar-refractivity contribution in [2.24, 2.45) is 0 Å². The van der Waals surface area contributed by atoms with Crippen LogP contribution in [0.25, 0.3) is 11.1 Å². The van der Waals surface area contributed by atoms with Gasteiger partial charge < -0.3 is 10.2 Å². The molecule has 1 saturated heterocycles. The minimum atomic E-state index is -0.242. The molecule has 0 aliphatic carbocycles. The van der Waals surface area contributed by atoms with Gasteiger partial charge in [-0.2, -0.15) is 0 Å². The molecule has 156 valence electrons. The largest absolute Gasteiger partial charge is 0.324 e. The third-order valence-electron chi connectivity index (χ3n) is 5.44. The molecule has 0 atom stereocenters. The van der Waals surface area contributed by atoms with E-state index >= 15 is 0 Å². The molecule has 1 aliphatic heterocycles. The molecule has 0 radical (unpaired) electrons. The number of hydrogen-bond acceptors (Lipinski definition) is 3. The van der Waals surface area contributed by atoms with Crippen LogP contribution in [-0.2, 0) is 9.59 Å². The van der Waals surface area contributed by atoms with Crippen molar-refractivity contribution in [2.75, 3.05) is 16.8 Å². The molecular formula is C26H24N2O3. The highest BCUT2D eigenvalue weighted by molar-refractivity contribution is 6.03. The van der Waals surface area contributed by atoms with E-state index in [1.165, 1.54) is 0 Å². The fourth-order valence-electron chi connectivity index (χ4n) is 3.78. The Kier molecular flexibility index (Phi) is 6.22. The summed E-state index contributed by atoms with van der Waals surface area (Å²) in [4.78, 5) is 38.8. The second-order valence-electron chi connectivity index (χ2n) is 7.58. The van der Waals surface area contributed by atoms with Crippen LogP contribution in [-0.4, -0.2) is 24.1 Å². The number of benzene rings is 3. The fourth-order valence-corrected chi connectivity index (χ4v) is 3.78. The Morgan fingerprint density at radius 3 is 2.19 bits per heavy atom. The predicted octanol–water partition coefficient (Wildman–Crippen LogP) is 5.08. The topological polar surface area (TPSA) is 66.5 Å². The van der Waals surface area contributed by atoms with Crippen LogP contribution in [0.3, 0.4) is 0 Å². The second kappa shape index (κ2) is 9.39. The Hall–Kier alpha value is -3.73. The molecular weight excluding hydrogens is 388 g/mol. The highest BCUT2D eigenvalue weighted by atomic mass is 16.2. The van der Waals surface area contributed by atoms with Crippen LogP contribution in [0.15, 0.2) is 78.9 Å². The number of ketones is 1. The van der Waals surface area contributed by atoms with Crippen molar-refractivity contribution >= 4 is 29.0 Å². The van der Waals surface area contributed by atoms with Gasteiger partial charge in [-0.15, -0.1) is 0 Å². The molecule has 1 aliphatic rings. The predicted molar refractivity (Wildman–Crippen MR) is 122 cm³/mol. The number of para-hydroxylation sites is 2. The average molecular weight is 412 g/mol. The quantitative estimate of drug-likeness (QED) is 0.550. The van der Waals surface area contributed by atoms with Gasteiger partial charge in [-0.25, -0.2) is 0 Å². The Bertz CT molecular complexity index is 1090. The smallest absolute Gasteiger partial charge is 0.227 e. The number of rotatable bonds is 7. The fraction of sp³-hybridized carbons (Fsp3) is 0.192. The minimum absolute atomic E-state index is 0.0656. The van der Waals surface area contributed by atoms with Crippen LogP contribution in [0.2, 0.25) is 0 Å². The molecule has 1 fully saturated rings. The van der Waals surface area contributed by atoms with Crippen molar-refractivity contribution in [3.63, 3.8) is 0 Å². The zero-order chi connectivity index (χ0) is 21.6. The number of carbonyl (C=O) groups is 3. The number of hydrogen-bond donors (Lipinski definition) is 1. The molecule has 0 saturated carbocycles. The highest BCUT2D eigenvalue weighted by Crippen LogP contribution is 2.29. The molecule has 0 spiro atoms. The zero-order valence-electron chi connectivity index (χ0n) is 17.2. The first-order valence-corrected chi connectivity index (χ1v) is 10.5. The molecule has 0 unspecified atom stereocenters. The van der Waals surface area contributed by atoms with Crippen molar-refractivity contribution in [3.8, 4) is 11.1 Å². The van der Waals surface area contributed by atoms with E-state index in [4.69, 9.17) is 0 Å². The third kappa shape index (κ3) is 4.89. The molecule has 2 amide bonds. The second-order valence-corrected chi connectivity index (χ2v) is 7.58. The van der Waals surface area contributed by atoms with Crippen LogP contribution >= 0.6 is 0 Å². The number of Topliss-reactive ketones (excluding diaryl/α,β-unsaturated/α-hetero) is 1. The molecule has 4 rings (SSSR count). The van der Waals surface area contributed by atoms with Gasteiger partial charge >= 0.3 is 0 Å². The normalized spacial score (nSPS) is 13.3. The zero-order valence-corrected chi connectivity index (χ0v) is 17.2. The van der Waals surface area contributed by atoms with Gasteiger partial charge in [-0.1, -0.05) is 66.7 Å². The first-order chi connectivity index (χ1) is 15.1. The van der Waals surface area contributed by atoms with Gasteiger partial charge in [0.1, 0.15) is 0 Å². The SMILES string of the molecule is O=C(CCC(=O)c1ccc(-c2ccccc2)cc1)Nc1ccccc1N1CCCC1=O. The lowest BCUT2D eigenvalue weighted by atomic mass is 10.0. The number of nitrogens with one attached hydrogen (secondary N) is 1. The van der Waals surface area contributed by atoms with E-state index in [0.717, 1.165) is 17.5 Å². The van der Waals surface area contributed by atoms with Crippen molar-refractivity contribution in [2.45, 2.75) is 25.7 Å². The Morgan fingerprint density at radius 1 is 0.806 bits per heavy atom. The maximum Gasteiger partial charge on any atom is 0.227 e. The van der Waals surface area contributed by atoms with Gasteiger partial charge in [-0.05, 0) is 29.7 Å². The van der Waals surface area contributed by atoms with Crippen molar-refractivity contribution < 1.29 is 14.4 Å².